The monoisotopic (exact) mass is 396 g/mol. The molecular weight excluding hydrogens is 380 g/mol. The lowest BCUT2D eigenvalue weighted by molar-refractivity contribution is 0.129. The number of nitrogens with zero attached hydrogens (tertiary/aromatic N) is 2. The number of thioether (sulfide) groups is 1. The molecule has 2 aromatic rings. The number of carboxylic acid groups (broad SMARTS) is 1. The van der Waals surface area contributed by atoms with Crippen LogP contribution in [0.2, 0.25) is 0 Å². The largest absolute Gasteiger partial charge is 0.465 e. The highest BCUT2D eigenvalue weighted by atomic mass is 79.9. The molecule has 0 saturated carbocycles. The minimum atomic E-state index is -0.855. The summed E-state index contributed by atoms with van der Waals surface area (Å²) in [5.74, 6) is 0.854. The van der Waals surface area contributed by atoms with Crippen molar-refractivity contribution < 1.29 is 14.3 Å². The number of oxazole rings is 1. The fourth-order valence-electron chi connectivity index (χ4n) is 2.74. The molecule has 0 unspecified atom stereocenters. The first-order valence-electron chi connectivity index (χ1n) is 7.37. The van der Waals surface area contributed by atoms with Crippen LogP contribution < -0.4 is 0 Å². The molecular formula is C16H17BrN2O3S. The summed E-state index contributed by atoms with van der Waals surface area (Å²) in [7, 11) is 0. The standard InChI is InChI=1S/C16H17BrN2O3S/c1-23-12-4-2-10(3-5-12)13-14(17)22-15(18-13)11-6-8-19(9-7-11)16(20)21/h2-5,11H,6-9H2,1H3,(H,20,21). The summed E-state index contributed by atoms with van der Waals surface area (Å²) >= 11 is 5.15. The van der Waals surface area contributed by atoms with Crippen LogP contribution in [0.3, 0.4) is 0 Å². The van der Waals surface area contributed by atoms with E-state index in [1.165, 1.54) is 9.80 Å². The molecule has 1 aliphatic rings. The van der Waals surface area contributed by atoms with E-state index in [0.29, 0.717) is 23.6 Å². The Kier molecular flexibility index (Phi) is 4.96. The summed E-state index contributed by atoms with van der Waals surface area (Å²) < 4.78 is 6.42. The molecule has 1 amide bonds. The van der Waals surface area contributed by atoms with Crippen molar-refractivity contribution in [2.45, 2.75) is 23.7 Å². The highest BCUT2D eigenvalue weighted by Gasteiger charge is 2.27. The Hall–Kier alpha value is -1.47. The molecule has 5 nitrogen and oxygen atoms in total. The summed E-state index contributed by atoms with van der Waals surface area (Å²) in [5, 5.41) is 9.01. The lowest BCUT2D eigenvalue weighted by Gasteiger charge is -2.28. The van der Waals surface area contributed by atoms with Crippen LogP contribution in [0.4, 0.5) is 4.79 Å². The number of halogens is 1. The average molecular weight is 397 g/mol. The first-order valence-corrected chi connectivity index (χ1v) is 9.38. The van der Waals surface area contributed by atoms with E-state index in [2.05, 4.69) is 33.0 Å². The number of hydrogen-bond donors (Lipinski definition) is 1. The first-order chi connectivity index (χ1) is 11.1. The fraction of sp³-hybridized carbons (Fsp3) is 0.375. The van der Waals surface area contributed by atoms with Gasteiger partial charge in [-0.2, -0.15) is 0 Å². The van der Waals surface area contributed by atoms with Gasteiger partial charge in [-0.3, -0.25) is 0 Å². The number of amides is 1. The second-order valence-corrected chi connectivity index (χ2v) is 7.05. The molecule has 1 aromatic carbocycles. The third-order valence-corrected chi connectivity index (χ3v) is 5.36. The Morgan fingerprint density at radius 2 is 2.00 bits per heavy atom. The molecule has 122 valence electrons. The van der Waals surface area contributed by atoms with Crippen molar-refractivity contribution in [2.75, 3.05) is 19.3 Å². The molecule has 1 N–H and O–H groups in total. The molecule has 1 fully saturated rings. The van der Waals surface area contributed by atoms with Crippen LogP contribution in [0.1, 0.15) is 24.7 Å². The molecule has 0 aliphatic carbocycles. The van der Waals surface area contributed by atoms with Gasteiger partial charge in [0.2, 0.25) is 0 Å². The maximum absolute atomic E-state index is 11.0. The van der Waals surface area contributed by atoms with Crippen molar-refractivity contribution in [2.24, 2.45) is 0 Å². The highest BCUT2D eigenvalue weighted by molar-refractivity contribution is 9.10. The third kappa shape index (κ3) is 3.55. The number of likely N-dealkylation sites (tertiary alicyclic amines) is 1. The molecule has 1 aromatic heterocycles. The van der Waals surface area contributed by atoms with Gasteiger partial charge in [-0.15, -0.1) is 11.8 Å². The molecule has 7 heteroatoms. The van der Waals surface area contributed by atoms with Gasteiger partial charge >= 0.3 is 6.09 Å². The number of aromatic nitrogens is 1. The van der Waals surface area contributed by atoms with Gasteiger partial charge in [0.15, 0.2) is 10.6 Å². The van der Waals surface area contributed by atoms with E-state index in [9.17, 15) is 4.79 Å². The van der Waals surface area contributed by atoms with E-state index >= 15 is 0 Å². The van der Waals surface area contributed by atoms with Crippen molar-refractivity contribution in [1.82, 2.24) is 9.88 Å². The molecule has 0 atom stereocenters. The maximum Gasteiger partial charge on any atom is 0.407 e. The van der Waals surface area contributed by atoms with Crippen LogP contribution in [-0.4, -0.2) is 40.4 Å². The van der Waals surface area contributed by atoms with Gasteiger partial charge < -0.3 is 14.4 Å². The Labute approximate surface area is 147 Å². The topological polar surface area (TPSA) is 66.6 Å². The quantitative estimate of drug-likeness (QED) is 0.762. The second-order valence-electron chi connectivity index (χ2n) is 5.45. The Balaban J connectivity index is 1.77. The molecule has 1 aliphatic heterocycles. The summed E-state index contributed by atoms with van der Waals surface area (Å²) in [5.41, 5.74) is 1.81. The van der Waals surface area contributed by atoms with E-state index in [1.54, 1.807) is 11.8 Å². The number of carbonyl (C=O) groups is 1. The minimum Gasteiger partial charge on any atom is -0.465 e. The predicted molar refractivity (Wildman–Crippen MR) is 93.0 cm³/mol. The van der Waals surface area contributed by atoms with Gasteiger partial charge in [-0.25, -0.2) is 9.78 Å². The lowest BCUT2D eigenvalue weighted by atomic mass is 9.97. The smallest absolute Gasteiger partial charge is 0.407 e. The van der Waals surface area contributed by atoms with Crippen LogP contribution in [0.15, 0.2) is 38.2 Å². The molecule has 0 bridgehead atoms. The first kappa shape index (κ1) is 16.4. The van der Waals surface area contributed by atoms with Crippen molar-refractivity contribution in [3.8, 4) is 11.3 Å². The SMILES string of the molecule is CSc1ccc(-c2nc(C3CCN(C(=O)O)CC3)oc2Br)cc1. The summed E-state index contributed by atoms with van der Waals surface area (Å²) in [6.07, 6.45) is 2.67. The number of rotatable bonds is 3. The maximum atomic E-state index is 11.0. The van der Waals surface area contributed by atoms with Gasteiger partial charge in [0.05, 0.1) is 0 Å². The predicted octanol–water partition coefficient (Wildman–Crippen LogP) is 4.68. The lowest BCUT2D eigenvalue weighted by Crippen LogP contribution is -2.36. The summed E-state index contributed by atoms with van der Waals surface area (Å²) in [6.45, 7) is 1.05. The van der Waals surface area contributed by atoms with Gasteiger partial charge in [-0.1, -0.05) is 12.1 Å². The Morgan fingerprint density at radius 3 is 2.57 bits per heavy atom. The molecule has 3 rings (SSSR count). The van der Waals surface area contributed by atoms with E-state index in [1.807, 2.05) is 18.4 Å². The Morgan fingerprint density at radius 1 is 1.35 bits per heavy atom. The molecule has 0 radical (unpaired) electrons. The van der Waals surface area contributed by atoms with Gasteiger partial charge in [-0.05, 0) is 47.2 Å². The zero-order valence-corrected chi connectivity index (χ0v) is 15.1. The van der Waals surface area contributed by atoms with E-state index < -0.39 is 6.09 Å². The highest BCUT2D eigenvalue weighted by Crippen LogP contribution is 2.35. The fourth-order valence-corrected chi connectivity index (χ4v) is 3.63. The number of piperidine rings is 1. The molecule has 2 heterocycles. The Bertz CT molecular complexity index is 694. The van der Waals surface area contributed by atoms with Gasteiger partial charge in [0, 0.05) is 29.5 Å². The van der Waals surface area contributed by atoms with Crippen molar-refractivity contribution in [1.29, 1.82) is 0 Å². The van der Waals surface area contributed by atoms with Crippen molar-refractivity contribution in [3.05, 3.63) is 34.8 Å². The third-order valence-electron chi connectivity index (χ3n) is 4.08. The molecule has 0 spiro atoms. The van der Waals surface area contributed by atoms with Gasteiger partial charge in [0.25, 0.3) is 0 Å². The second kappa shape index (κ2) is 6.97. The normalized spacial score (nSPS) is 15.8. The van der Waals surface area contributed by atoms with E-state index in [-0.39, 0.29) is 5.92 Å². The molecule has 23 heavy (non-hydrogen) atoms. The van der Waals surface area contributed by atoms with Crippen molar-refractivity contribution >= 4 is 33.8 Å². The van der Waals surface area contributed by atoms with Crippen molar-refractivity contribution in [3.63, 3.8) is 0 Å². The zero-order chi connectivity index (χ0) is 16.4. The van der Waals surface area contributed by atoms with Crippen LogP contribution in [0.25, 0.3) is 11.3 Å². The molecule has 1 saturated heterocycles. The minimum absolute atomic E-state index is 0.168. The van der Waals surface area contributed by atoms with Crippen LogP contribution >= 0.6 is 27.7 Å². The average Bonchev–Trinajstić information content (AvgIpc) is 2.97. The van der Waals surface area contributed by atoms with Gasteiger partial charge in [0.1, 0.15) is 5.69 Å². The summed E-state index contributed by atoms with van der Waals surface area (Å²) in [4.78, 5) is 18.3. The van der Waals surface area contributed by atoms with Crippen LogP contribution in [-0.2, 0) is 0 Å². The number of hydrogen-bond acceptors (Lipinski definition) is 4. The van der Waals surface area contributed by atoms with E-state index in [4.69, 9.17) is 9.52 Å². The zero-order valence-electron chi connectivity index (χ0n) is 12.7. The van der Waals surface area contributed by atoms with Crippen LogP contribution in [0.5, 0.6) is 0 Å². The summed E-state index contributed by atoms with van der Waals surface area (Å²) in [6, 6.07) is 8.19. The van der Waals surface area contributed by atoms with E-state index in [0.717, 1.165) is 24.1 Å². The van der Waals surface area contributed by atoms with Crippen LogP contribution in [0, 0.1) is 0 Å². The number of benzene rings is 1.